The summed E-state index contributed by atoms with van der Waals surface area (Å²) in [7, 11) is 1.55. The zero-order valence-corrected chi connectivity index (χ0v) is 13.7. The molecule has 2 heterocycles. The minimum Gasteiger partial charge on any atom is -0.345 e. The second-order valence-electron chi connectivity index (χ2n) is 5.16. The number of carbonyl (C=O) groups excluding carboxylic acids is 1. The molecule has 2 aromatic rings. The molecule has 0 aliphatic carbocycles. The number of carbonyl (C=O) groups is 1. The Kier molecular flexibility index (Phi) is 4.27. The Labute approximate surface area is 127 Å². The summed E-state index contributed by atoms with van der Waals surface area (Å²) in [5, 5.41) is 6.97. The molecule has 2 rings (SSSR count). The van der Waals surface area contributed by atoms with E-state index in [1.807, 2.05) is 26.0 Å². The van der Waals surface area contributed by atoms with Gasteiger partial charge in [-0.3, -0.25) is 9.59 Å². The zero-order valence-electron chi connectivity index (χ0n) is 12.9. The van der Waals surface area contributed by atoms with Crippen LogP contribution < -0.4 is 10.9 Å². The van der Waals surface area contributed by atoms with Gasteiger partial charge in [0.25, 0.3) is 11.5 Å². The first-order valence-corrected chi connectivity index (χ1v) is 7.54. The largest absolute Gasteiger partial charge is 0.345 e. The Morgan fingerprint density at radius 2 is 2.00 bits per heavy atom. The standard InChI is InChI=1S/C15H19N3O2S/c1-8-6-7-12(21-8)11(4)16-14(19)13-9(2)10(3)17-18(5)15(13)20/h6-7,11H,1-5H3,(H,16,19). The van der Waals surface area contributed by atoms with E-state index in [1.165, 1.54) is 9.56 Å². The molecule has 1 unspecified atom stereocenters. The van der Waals surface area contributed by atoms with Crippen LogP contribution >= 0.6 is 11.3 Å². The number of thiophene rings is 1. The van der Waals surface area contributed by atoms with Gasteiger partial charge in [0, 0.05) is 16.8 Å². The number of nitrogens with one attached hydrogen (secondary N) is 1. The van der Waals surface area contributed by atoms with Crippen molar-refractivity contribution in [2.45, 2.75) is 33.7 Å². The van der Waals surface area contributed by atoms with Crippen molar-refractivity contribution in [1.29, 1.82) is 0 Å². The minimum atomic E-state index is -0.370. The fourth-order valence-electron chi connectivity index (χ4n) is 2.14. The summed E-state index contributed by atoms with van der Waals surface area (Å²) in [4.78, 5) is 26.8. The zero-order chi connectivity index (χ0) is 15.7. The predicted molar refractivity (Wildman–Crippen MR) is 83.9 cm³/mol. The average Bonchev–Trinajstić information content (AvgIpc) is 2.83. The third-order valence-electron chi connectivity index (χ3n) is 3.49. The molecule has 1 atom stereocenters. The maximum absolute atomic E-state index is 12.4. The normalized spacial score (nSPS) is 12.2. The van der Waals surface area contributed by atoms with Crippen molar-refractivity contribution in [2.75, 3.05) is 0 Å². The van der Waals surface area contributed by atoms with Crippen molar-refractivity contribution in [3.05, 3.63) is 49.1 Å². The predicted octanol–water partition coefficient (Wildman–Crippen LogP) is 2.26. The highest BCUT2D eigenvalue weighted by Crippen LogP contribution is 2.22. The maximum atomic E-state index is 12.4. The Bertz CT molecular complexity index is 746. The van der Waals surface area contributed by atoms with Crippen LogP contribution in [0.15, 0.2) is 16.9 Å². The third kappa shape index (κ3) is 3.05. The summed E-state index contributed by atoms with van der Waals surface area (Å²) >= 11 is 1.64. The molecule has 0 fully saturated rings. The van der Waals surface area contributed by atoms with Crippen LogP contribution in [0.3, 0.4) is 0 Å². The van der Waals surface area contributed by atoms with E-state index >= 15 is 0 Å². The van der Waals surface area contributed by atoms with Crippen LogP contribution in [0.5, 0.6) is 0 Å². The Morgan fingerprint density at radius 1 is 1.33 bits per heavy atom. The second-order valence-corrected chi connectivity index (χ2v) is 6.48. The van der Waals surface area contributed by atoms with Gasteiger partial charge in [-0.05, 0) is 45.4 Å². The van der Waals surface area contributed by atoms with E-state index in [2.05, 4.69) is 10.4 Å². The van der Waals surface area contributed by atoms with Crippen LogP contribution in [0.25, 0.3) is 0 Å². The maximum Gasteiger partial charge on any atom is 0.279 e. The van der Waals surface area contributed by atoms with Crippen molar-refractivity contribution < 1.29 is 4.79 Å². The number of hydrogen-bond acceptors (Lipinski definition) is 4. The fourth-order valence-corrected chi connectivity index (χ4v) is 3.02. The lowest BCUT2D eigenvalue weighted by Crippen LogP contribution is -2.36. The van der Waals surface area contributed by atoms with E-state index < -0.39 is 0 Å². The molecule has 21 heavy (non-hydrogen) atoms. The number of aryl methyl sites for hydroxylation is 3. The highest BCUT2D eigenvalue weighted by Gasteiger charge is 2.20. The first-order valence-electron chi connectivity index (χ1n) is 6.73. The van der Waals surface area contributed by atoms with Gasteiger partial charge in [-0.15, -0.1) is 11.3 Å². The van der Waals surface area contributed by atoms with Crippen LogP contribution in [-0.2, 0) is 7.05 Å². The molecule has 0 saturated heterocycles. The number of rotatable bonds is 3. The van der Waals surface area contributed by atoms with E-state index in [0.29, 0.717) is 11.3 Å². The summed E-state index contributed by atoms with van der Waals surface area (Å²) < 4.78 is 1.21. The molecule has 0 aliphatic heterocycles. The van der Waals surface area contributed by atoms with Crippen molar-refractivity contribution in [2.24, 2.45) is 7.05 Å². The Morgan fingerprint density at radius 3 is 2.57 bits per heavy atom. The van der Waals surface area contributed by atoms with Gasteiger partial charge in [-0.2, -0.15) is 5.10 Å². The molecular formula is C15H19N3O2S. The number of aromatic nitrogens is 2. The van der Waals surface area contributed by atoms with Crippen LogP contribution in [0.4, 0.5) is 0 Å². The number of nitrogens with zero attached hydrogens (tertiary/aromatic N) is 2. The molecule has 0 aliphatic rings. The molecule has 5 nitrogen and oxygen atoms in total. The lowest BCUT2D eigenvalue weighted by Gasteiger charge is -2.14. The highest BCUT2D eigenvalue weighted by molar-refractivity contribution is 7.12. The second kappa shape index (κ2) is 5.81. The monoisotopic (exact) mass is 305 g/mol. The SMILES string of the molecule is Cc1ccc(C(C)NC(=O)c2c(C)c(C)nn(C)c2=O)s1. The summed E-state index contributed by atoms with van der Waals surface area (Å²) in [6.07, 6.45) is 0. The summed E-state index contributed by atoms with van der Waals surface area (Å²) in [5.41, 5.74) is 1.11. The van der Waals surface area contributed by atoms with Crippen molar-refractivity contribution in [3.8, 4) is 0 Å². The number of amides is 1. The van der Waals surface area contributed by atoms with Crippen molar-refractivity contribution in [3.63, 3.8) is 0 Å². The van der Waals surface area contributed by atoms with Gasteiger partial charge < -0.3 is 5.32 Å². The van der Waals surface area contributed by atoms with Crippen molar-refractivity contribution >= 4 is 17.2 Å². The molecule has 112 valence electrons. The molecule has 0 saturated carbocycles. The van der Waals surface area contributed by atoms with Gasteiger partial charge in [0.15, 0.2) is 0 Å². The van der Waals surface area contributed by atoms with Gasteiger partial charge in [-0.1, -0.05) is 0 Å². The lowest BCUT2D eigenvalue weighted by molar-refractivity contribution is 0.0937. The van der Waals surface area contributed by atoms with Gasteiger partial charge in [0.2, 0.25) is 0 Å². The van der Waals surface area contributed by atoms with E-state index in [4.69, 9.17) is 0 Å². The first-order chi connectivity index (χ1) is 9.81. The average molecular weight is 305 g/mol. The quantitative estimate of drug-likeness (QED) is 0.946. The van der Waals surface area contributed by atoms with Gasteiger partial charge in [-0.25, -0.2) is 4.68 Å². The third-order valence-corrected chi connectivity index (χ3v) is 4.67. The smallest absolute Gasteiger partial charge is 0.279 e. The van der Waals surface area contributed by atoms with Crippen LogP contribution in [0.2, 0.25) is 0 Å². The summed E-state index contributed by atoms with van der Waals surface area (Å²) in [6.45, 7) is 7.47. The van der Waals surface area contributed by atoms with E-state index in [1.54, 1.807) is 32.2 Å². The lowest BCUT2D eigenvalue weighted by atomic mass is 10.1. The molecule has 0 spiro atoms. The van der Waals surface area contributed by atoms with Gasteiger partial charge in [0.05, 0.1) is 11.7 Å². The van der Waals surface area contributed by atoms with E-state index in [-0.39, 0.29) is 23.1 Å². The molecule has 6 heteroatoms. The molecular weight excluding hydrogens is 286 g/mol. The van der Waals surface area contributed by atoms with Crippen LogP contribution in [-0.4, -0.2) is 15.7 Å². The molecule has 1 amide bonds. The topological polar surface area (TPSA) is 64.0 Å². The van der Waals surface area contributed by atoms with Crippen LogP contribution in [0.1, 0.15) is 44.3 Å². The van der Waals surface area contributed by atoms with E-state index in [9.17, 15) is 9.59 Å². The Balaban J connectivity index is 2.31. The number of hydrogen-bond donors (Lipinski definition) is 1. The van der Waals surface area contributed by atoms with Gasteiger partial charge in [0.1, 0.15) is 5.56 Å². The van der Waals surface area contributed by atoms with E-state index in [0.717, 1.165) is 4.88 Å². The molecule has 0 aromatic carbocycles. The van der Waals surface area contributed by atoms with Crippen molar-refractivity contribution in [1.82, 2.24) is 15.1 Å². The molecule has 1 N–H and O–H groups in total. The van der Waals surface area contributed by atoms with Crippen LogP contribution in [0, 0.1) is 20.8 Å². The molecule has 0 radical (unpaired) electrons. The Hall–Kier alpha value is -1.95. The summed E-state index contributed by atoms with van der Waals surface area (Å²) in [6, 6.07) is 3.88. The molecule has 0 bridgehead atoms. The minimum absolute atomic E-state index is 0.131. The highest BCUT2D eigenvalue weighted by atomic mass is 32.1. The first kappa shape index (κ1) is 15.4. The molecule has 2 aromatic heterocycles. The fraction of sp³-hybridized carbons (Fsp3) is 0.400. The summed E-state index contributed by atoms with van der Waals surface area (Å²) in [5.74, 6) is -0.350. The van der Waals surface area contributed by atoms with Gasteiger partial charge >= 0.3 is 0 Å².